The average molecular weight is 320 g/mol. The van der Waals surface area contributed by atoms with Crippen LogP contribution in [-0.4, -0.2) is 42.7 Å². The first-order valence-electron chi connectivity index (χ1n) is 7.97. The third-order valence-electron chi connectivity index (χ3n) is 4.24. The van der Waals surface area contributed by atoms with Gasteiger partial charge in [0.25, 0.3) is 5.91 Å². The van der Waals surface area contributed by atoms with Gasteiger partial charge in [-0.15, -0.1) is 0 Å². The summed E-state index contributed by atoms with van der Waals surface area (Å²) in [7, 11) is 1.57. The predicted octanol–water partition coefficient (Wildman–Crippen LogP) is 1.24. The number of hydrogen-bond acceptors (Lipinski definition) is 4. The molecule has 0 spiro atoms. The molecule has 6 heteroatoms. The summed E-state index contributed by atoms with van der Waals surface area (Å²) in [5, 5.41) is 14.5. The third-order valence-corrected chi connectivity index (χ3v) is 4.24. The lowest BCUT2D eigenvalue weighted by molar-refractivity contribution is -0.128. The molecule has 0 saturated heterocycles. The maximum absolute atomic E-state index is 12.5. The van der Waals surface area contributed by atoms with Crippen molar-refractivity contribution in [2.75, 3.05) is 20.3 Å². The van der Waals surface area contributed by atoms with Crippen molar-refractivity contribution in [3.63, 3.8) is 0 Å². The number of methoxy groups -OCH3 is 1. The molecule has 0 heterocycles. The molecule has 1 saturated carbocycles. The molecule has 1 fully saturated rings. The smallest absolute Gasteiger partial charge is 0.252 e. The van der Waals surface area contributed by atoms with Crippen LogP contribution in [0.3, 0.4) is 0 Å². The van der Waals surface area contributed by atoms with E-state index in [0.29, 0.717) is 24.2 Å². The Labute approximate surface area is 136 Å². The molecule has 1 aliphatic carbocycles. The van der Waals surface area contributed by atoms with Crippen molar-refractivity contribution < 1.29 is 19.4 Å². The van der Waals surface area contributed by atoms with E-state index in [1.807, 2.05) is 0 Å². The van der Waals surface area contributed by atoms with Gasteiger partial charge < -0.3 is 20.5 Å². The lowest BCUT2D eigenvalue weighted by Gasteiger charge is -2.36. The number of ether oxygens (including phenoxy) is 1. The van der Waals surface area contributed by atoms with E-state index in [2.05, 4.69) is 10.6 Å². The van der Waals surface area contributed by atoms with Crippen molar-refractivity contribution in [1.29, 1.82) is 0 Å². The van der Waals surface area contributed by atoms with Crippen LogP contribution in [0.5, 0.6) is 5.75 Å². The van der Waals surface area contributed by atoms with Gasteiger partial charge in [0.1, 0.15) is 11.3 Å². The highest BCUT2D eigenvalue weighted by Gasteiger charge is 2.40. The predicted molar refractivity (Wildman–Crippen MR) is 86.4 cm³/mol. The molecule has 3 N–H and O–H groups in total. The van der Waals surface area contributed by atoms with Crippen LogP contribution in [0.15, 0.2) is 24.3 Å². The number of carbonyl (C=O) groups is 2. The molecule has 0 unspecified atom stereocenters. The Balaban J connectivity index is 2.12. The Morgan fingerprint density at radius 2 is 1.83 bits per heavy atom. The molecule has 2 amide bonds. The average Bonchev–Trinajstić information content (AvgIpc) is 2.60. The topological polar surface area (TPSA) is 87.7 Å². The summed E-state index contributed by atoms with van der Waals surface area (Å²) < 4.78 is 5.08. The van der Waals surface area contributed by atoms with Crippen molar-refractivity contribution in [2.45, 2.75) is 37.6 Å². The van der Waals surface area contributed by atoms with E-state index in [1.54, 1.807) is 31.4 Å². The third kappa shape index (κ3) is 4.22. The maximum Gasteiger partial charge on any atom is 0.252 e. The largest absolute Gasteiger partial charge is 0.497 e. The standard InChI is InChI=1S/C17H24N2O4/c1-23-14-7-5-13(6-8-14)15(21)19-17(9-3-2-4-10-17)16(22)18-11-12-20/h5-8,20H,2-4,9-12H2,1H3,(H,18,22)(H,19,21). The fourth-order valence-corrected chi connectivity index (χ4v) is 2.93. The molecule has 0 radical (unpaired) electrons. The van der Waals surface area contributed by atoms with Gasteiger partial charge in [-0.05, 0) is 37.1 Å². The minimum atomic E-state index is -0.884. The van der Waals surface area contributed by atoms with Crippen LogP contribution in [0.25, 0.3) is 0 Å². The minimum absolute atomic E-state index is 0.117. The second-order valence-corrected chi connectivity index (χ2v) is 5.80. The Morgan fingerprint density at radius 3 is 2.39 bits per heavy atom. The summed E-state index contributed by atoms with van der Waals surface area (Å²) in [6, 6.07) is 6.79. The summed E-state index contributed by atoms with van der Waals surface area (Å²) in [6.45, 7) is 0.0766. The van der Waals surface area contributed by atoms with Gasteiger partial charge >= 0.3 is 0 Å². The molecule has 1 aromatic carbocycles. The van der Waals surface area contributed by atoms with Crippen LogP contribution >= 0.6 is 0 Å². The van der Waals surface area contributed by atoms with E-state index in [9.17, 15) is 9.59 Å². The maximum atomic E-state index is 12.5. The van der Waals surface area contributed by atoms with Gasteiger partial charge in [-0.3, -0.25) is 9.59 Å². The van der Waals surface area contributed by atoms with Gasteiger partial charge in [-0.25, -0.2) is 0 Å². The molecular formula is C17H24N2O4. The van der Waals surface area contributed by atoms with E-state index in [0.717, 1.165) is 19.3 Å². The van der Waals surface area contributed by atoms with E-state index < -0.39 is 5.54 Å². The van der Waals surface area contributed by atoms with Gasteiger partial charge in [-0.2, -0.15) is 0 Å². The second kappa shape index (κ2) is 7.97. The van der Waals surface area contributed by atoms with Crippen molar-refractivity contribution in [2.24, 2.45) is 0 Å². The molecule has 1 aromatic rings. The first-order valence-corrected chi connectivity index (χ1v) is 7.97. The first kappa shape index (κ1) is 17.3. The van der Waals surface area contributed by atoms with Crippen molar-refractivity contribution >= 4 is 11.8 Å². The van der Waals surface area contributed by atoms with Crippen LogP contribution in [-0.2, 0) is 4.79 Å². The van der Waals surface area contributed by atoms with Crippen molar-refractivity contribution in [1.82, 2.24) is 10.6 Å². The highest BCUT2D eigenvalue weighted by molar-refractivity contribution is 5.99. The summed E-state index contributed by atoms with van der Waals surface area (Å²) in [5.41, 5.74) is -0.393. The normalized spacial score (nSPS) is 16.4. The number of amides is 2. The highest BCUT2D eigenvalue weighted by Crippen LogP contribution is 2.29. The summed E-state index contributed by atoms with van der Waals surface area (Å²) >= 11 is 0. The fourth-order valence-electron chi connectivity index (χ4n) is 2.93. The molecular weight excluding hydrogens is 296 g/mol. The van der Waals surface area contributed by atoms with Gasteiger partial charge in [0.2, 0.25) is 5.91 Å². The summed E-state index contributed by atoms with van der Waals surface area (Å²) in [6.07, 6.45) is 4.09. The Morgan fingerprint density at radius 1 is 1.17 bits per heavy atom. The Hall–Kier alpha value is -2.08. The molecule has 0 bridgehead atoms. The van der Waals surface area contributed by atoms with Gasteiger partial charge in [-0.1, -0.05) is 19.3 Å². The molecule has 0 atom stereocenters. The number of hydrogen-bond donors (Lipinski definition) is 3. The zero-order chi connectivity index (χ0) is 16.7. The monoisotopic (exact) mass is 320 g/mol. The number of aliphatic hydroxyl groups excluding tert-OH is 1. The lowest BCUT2D eigenvalue weighted by Crippen LogP contribution is -2.60. The highest BCUT2D eigenvalue weighted by atomic mass is 16.5. The Bertz CT molecular complexity index is 536. The zero-order valence-corrected chi connectivity index (χ0v) is 13.4. The fraction of sp³-hybridized carbons (Fsp3) is 0.529. The van der Waals surface area contributed by atoms with Crippen molar-refractivity contribution in [3.05, 3.63) is 29.8 Å². The number of carbonyl (C=O) groups excluding carboxylic acids is 2. The number of rotatable bonds is 6. The van der Waals surface area contributed by atoms with Crippen LogP contribution in [0, 0.1) is 0 Å². The molecule has 23 heavy (non-hydrogen) atoms. The molecule has 1 aliphatic rings. The molecule has 0 aromatic heterocycles. The van der Waals surface area contributed by atoms with Crippen LogP contribution in [0.4, 0.5) is 0 Å². The number of benzene rings is 1. The van der Waals surface area contributed by atoms with E-state index in [4.69, 9.17) is 9.84 Å². The summed E-state index contributed by atoms with van der Waals surface area (Å²) in [5.74, 6) is 0.191. The quantitative estimate of drug-likeness (QED) is 0.736. The van der Waals surface area contributed by atoms with E-state index >= 15 is 0 Å². The minimum Gasteiger partial charge on any atom is -0.497 e. The second-order valence-electron chi connectivity index (χ2n) is 5.80. The van der Waals surface area contributed by atoms with Gasteiger partial charge in [0.05, 0.1) is 13.7 Å². The summed E-state index contributed by atoms with van der Waals surface area (Å²) in [4.78, 5) is 25.0. The van der Waals surface area contributed by atoms with Crippen LogP contribution in [0.2, 0.25) is 0 Å². The number of nitrogens with one attached hydrogen (secondary N) is 2. The molecule has 0 aliphatic heterocycles. The number of aliphatic hydroxyl groups is 1. The Kier molecular flexibility index (Phi) is 5.98. The van der Waals surface area contributed by atoms with Gasteiger partial charge in [0.15, 0.2) is 0 Å². The molecule has 6 nitrogen and oxygen atoms in total. The van der Waals surface area contributed by atoms with Crippen molar-refractivity contribution in [3.8, 4) is 5.75 Å². The zero-order valence-electron chi connectivity index (χ0n) is 13.4. The van der Waals surface area contributed by atoms with Crippen LogP contribution in [0.1, 0.15) is 42.5 Å². The molecule has 2 rings (SSSR count). The van der Waals surface area contributed by atoms with E-state index in [1.165, 1.54) is 0 Å². The SMILES string of the molecule is COc1ccc(C(=O)NC2(C(=O)NCCO)CCCCC2)cc1. The van der Waals surface area contributed by atoms with E-state index in [-0.39, 0.29) is 25.0 Å². The van der Waals surface area contributed by atoms with Gasteiger partial charge in [0, 0.05) is 12.1 Å². The molecule has 126 valence electrons. The first-order chi connectivity index (χ1) is 11.1. The van der Waals surface area contributed by atoms with Crippen LogP contribution < -0.4 is 15.4 Å². The lowest BCUT2D eigenvalue weighted by atomic mass is 9.80.